The maximum atomic E-state index is 12.4. The van der Waals surface area contributed by atoms with Crippen molar-refractivity contribution in [2.45, 2.75) is 33.6 Å². The van der Waals surface area contributed by atoms with Gasteiger partial charge in [0.05, 0.1) is 20.6 Å². The van der Waals surface area contributed by atoms with Gasteiger partial charge in [0.25, 0.3) is 0 Å². The first-order chi connectivity index (χ1) is 11.9. The van der Waals surface area contributed by atoms with E-state index < -0.39 is 0 Å². The SMILES string of the molecule is COc1cc(C)c(NC(=O)Cc2ccc(CC(C)C)cc2)cc1OC. The molecule has 0 aliphatic heterocycles. The summed E-state index contributed by atoms with van der Waals surface area (Å²) in [5, 5.41) is 2.96. The normalized spacial score (nSPS) is 10.6. The minimum Gasteiger partial charge on any atom is -0.493 e. The van der Waals surface area contributed by atoms with Crippen molar-refractivity contribution in [3.63, 3.8) is 0 Å². The van der Waals surface area contributed by atoms with E-state index in [0.717, 1.165) is 23.2 Å². The van der Waals surface area contributed by atoms with Crippen molar-refractivity contribution in [2.24, 2.45) is 5.92 Å². The third kappa shape index (κ3) is 5.24. The van der Waals surface area contributed by atoms with Crippen molar-refractivity contribution in [3.05, 3.63) is 53.1 Å². The largest absolute Gasteiger partial charge is 0.493 e. The zero-order valence-electron chi connectivity index (χ0n) is 15.7. The summed E-state index contributed by atoms with van der Waals surface area (Å²) in [6, 6.07) is 11.9. The third-order valence-corrected chi connectivity index (χ3v) is 4.04. The molecule has 0 aromatic heterocycles. The van der Waals surface area contributed by atoms with Crippen LogP contribution in [0.1, 0.15) is 30.5 Å². The number of carbonyl (C=O) groups excluding carboxylic acids is 1. The van der Waals surface area contributed by atoms with E-state index in [4.69, 9.17) is 9.47 Å². The van der Waals surface area contributed by atoms with Crippen LogP contribution in [-0.2, 0) is 17.6 Å². The lowest BCUT2D eigenvalue weighted by Crippen LogP contribution is -2.15. The molecule has 0 aliphatic carbocycles. The van der Waals surface area contributed by atoms with Gasteiger partial charge in [-0.2, -0.15) is 0 Å². The molecule has 0 spiro atoms. The topological polar surface area (TPSA) is 47.6 Å². The highest BCUT2D eigenvalue weighted by Gasteiger charge is 2.11. The van der Waals surface area contributed by atoms with Gasteiger partial charge in [-0.05, 0) is 42.0 Å². The molecule has 4 heteroatoms. The summed E-state index contributed by atoms with van der Waals surface area (Å²) in [7, 11) is 3.18. The standard InChI is InChI=1S/C21H27NO3/c1-14(2)10-16-6-8-17(9-7-16)12-21(23)22-18-13-20(25-5)19(24-4)11-15(18)3/h6-9,11,13-14H,10,12H2,1-5H3,(H,22,23). The molecule has 2 rings (SSSR count). The Morgan fingerprint density at radius 3 is 2.12 bits per heavy atom. The van der Waals surface area contributed by atoms with Crippen molar-refractivity contribution < 1.29 is 14.3 Å². The maximum absolute atomic E-state index is 12.4. The summed E-state index contributed by atoms with van der Waals surface area (Å²) in [5.74, 6) is 1.83. The van der Waals surface area contributed by atoms with Gasteiger partial charge in [-0.25, -0.2) is 0 Å². The van der Waals surface area contributed by atoms with E-state index in [1.807, 2.05) is 25.1 Å². The number of rotatable bonds is 7. The predicted molar refractivity (Wildman–Crippen MR) is 102 cm³/mol. The smallest absolute Gasteiger partial charge is 0.228 e. The quantitative estimate of drug-likeness (QED) is 0.812. The predicted octanol–water partition coefficient (Wildman–Crippen LogP) is 4.39. The number of hydrogen-bond donors (Lipinski definition) is 1. The monoisotopic (exact) mass is 341 g/mol. The van der Waals surface area contributed by atoms with Crippen LogP contribution < -0.4 is 14.8 Å². The lowest BCUT2D eigenvalue weighted by atomic mass is 10.0. The molecule has 0 saturated heterocycles. The third-order valence-electron chi connectivity index (χ3n) is 4.04. The fourth-order valence-electron chi connectivity index (χ4n) is 2.76. The first-order valence-corrected chi connectivity index (χ1v) is 8.53. The molecule has 0 saturated carbocycles. The van der Waals surface area contributed by atoms with Crippen LogP contribution >= 0.6 is 0 Å². The van der Waals surface area contributed by atoms with Crippen LogP contribution in [0.2, 0.25) is 0 Å². The van der Waals surface area contributed by atoms with Gasteiger partial charge in [-0.1, -0.05) is 38.1 Å². The van der Waals surface area contributed by atoms with Gasteiger partial charge in [-0.15, -0.1) is 0 Å². The second-order valence-corrected chi connectivity index (χ2v) is 6.66. The molecule has 134 valence electrons. The Labute approximate surface area is 150 Å². The number of amides is 1. The molecule has 2 aromatic rings. The van der Waals surface area contributed by atoms with E-state index in [0.29, 0.717) is 23.8 Å². The van der Waals surface area contributed by atoms with Gasteiger partial charge >= 0.3 is 0 Å². The Bertz CT molecular complexity index is 721. The Kier molecular flexibility index (Phi) is 6.45. The van der Waals surface area contributed by atoms with Gasteiger partial charge < -0.3 is 14.8 Å². The summed E-state index contributed by atoms with van der Waals surface area (Å²) < 4.78 is 10.6. The van der Waals surface area contributed by atoms with E-state index in [2.05, 4.69) is 31.3 Å². The molecule has 0 heterocycles. The Morgan fingerprint density at radius 2 is 1.56 bits per heavy atom. The van der Waals surface area contributed by atoms with Crippen LogP contribution in [0.4, 0.5) is 5.69 Å². The van der Waals surface area contributed by atoms with E-state index >= 15 is 0 Å². The molecule has 25 heavy (non-hydrogen) atoms. The second kappa shape index (κ2) is 8.56. The summed E-state index contributed by atoms with van der Waals surface area (Å²) in [6.45, 7) is 6.33. The Morgan fingerprint density at radius 1 is 1.00 bits per heavy atom. The van der Waals surface area contributed by atoms with Crippen molar-refractivity contribution in [1.82, 2.24) is 0 Å². The minimum atomic E-state index is -0.0491. The summed E-state index contributed by atoms with van der Waals surface area (Å²) >= 11 is 0. The lowest BCUT2D eigenvalue weighted by molar-refractivity contribution is -0.115. The number of benzene rings is 2. The highest BCUT2D eigenvalue weighted by molar-refractivity contribution is 5.93. The molecular weight excluding hydrogens is 314 g/mol. The van der Waals surface area contributed by atoms with Crippen molar-refractivity contribution >= 4 is 11.6 Å². The fourth-order valence-corrected chi connectivity index (χ4v) is 2.76. The van der Waals surface area contributed by atoms with Gasteiger partial charge in [-0.3, -0.25) is 4.79 Å². The van der Waals surface area contributed by atoms with E-state index in [9.17, 15) is 4.79 Å². The lowest BCUT2D eigenvalue weighted by Gasteiger charge is -2.14. The zero-order chi connectivity index (χ0) is 18.4. The molecule has 0 unspecified atom stereocenters. The van der Waals surface area contributed by atoms with Crippen LogP contribution in [0.5, 0.6) is 11.5 Å². The molecule has 1 N–H and O–H groups in total. The number of ether oxygens (including phenoxy) is 2. The molecule has 2 aromatic carbocycles. The molecule has 0 aliphatic rings. The molecule has 0 atom stereocenters. The average Bonchev–Trinajstić information content (AvgIpc) is 2.57. The summed E-state index contributed by atoms with van der Waals surface area (Å²) in [6.07, 6.45) is 1.40. The number of anilines is 1. The minimum absolute atomic E-state index is 0.0491. The Balaban J connectivity index is 2.05. The van der Waals surface area contributed by atoms with E-state index in [1.54, 1.807) is 20.3 Å². The van der Waals surface area contributed by atoms with E-state index in [-0.39, 0.29) is 5.91 Å². The first kappa shape index (κ1) is 18.8. The summed E-state index contributed by atoms with van der Waals surface area (Å²) in [5.41, 5.74) is 3.97. The van der Waals surface area contributed by atoms with Crippen molar-refractivity contribution in [1.29, 1.82) is 0 Å². The number of hydrogen-bond acceptors (Lipinski definition) is 3. The van der Waals surface area contributed by atoms with Gasteiger partial charge in [0, 0.05) is 11.8 Å². The molecule has 0 bridgehead atoms. The van der Waals surface area contributed by atoms with Gasteiger partial charge in [0.2, 0.25) is 5.91 Å². The number of carbonyl (C=O) groups is 1. The van der Waals surface area contributed by atoms with Crippen molar-refractivity contribution in [3.8, 4) is 11.5 Å². The van der Waals surface area contributed by atoms with Crippen LogP contribution in [0, 0.1) is 12.8 Å². The first-order valence-electron chi connectivity index (χ1n) is 8.53. The van der Waals surface area contributed by atoms with Gasteiger partial charge in [0.1, 0.15) is 0 Å². The maximum Gasteiger partial charge on any atom is 0.228 e. The van der Waals surface area contributed by atoms with Gasteiger partial charge in [0.15, 0.2) is 11.5 Å². The van der Waals surface area contributed by atoms with Crippen LogP contribution in [0.25, 0.3) is 0 Å². The highest BCUT2D eigenvalue weighted by Crippen LogP contribution is 2.32. The number of methoxy groups -OCH3 is 2. The molecule has 1 amide bonds. The van der Waals surface area contributed by atoms with Crippen molar-refractivity contribution in [2.75, 3.05) is 19.5 Å². The highest BCUT2D eigenvalue weighted by atomic mass is 16.5. The van der Waals surface area contributed by atoms with E-state index in [1.165, 1.54) is 5.56 Å². The zero-order valence-corrected chi connectivity index (χ0v) is 15.7. The number of aryl methyl sites for hydroxylation is 1. The number of nitrogens with one attached hydrogen (secondary N) is 1. The molecule has 0 fully saturated rings. The average molecular weight is 341 g/mol. The fraction of sp³-hybridized carbons (Fsp3) is 0.381. The molecule has 4 nitrogen and oxygen atoms in total. The molecule has 0 radical (unpaired) electrons. The van der Waals surface area contributed by atoms with Crippen LogP contribution in [0.15, 0.2) is 36.4 Å². The summed E-state index contributed by atoms with van der Waals surface area (Å²) in [4.78, 5) is 12.4. The van der Waals surface area contributed by atoms with Crippen LogP contribution in [-0.4, -0.2) is 20.1 Å². The molecular formula is C21H27NO3. The Hall–Kier alpha value is -2.49. The second-order valence-electron chi connectivity index (χ2n) is 6.66. The van der Waals surface area contributed by atoms with Crippen LogP contribution in [0.3, 0.4) is 0 Å².